The number of nitrogens with zero attached hydrogens (tertiary/aromatic N) is 2. The minimum absolute atomic E-state index is 0.0251. The van der Waals surface area contributed by atoms with Crippen molar-refractivity contribution in [3.05, 3.63) is 38.7 Å². The number of aromatic nitrogens is 2. The highest BCUT2D eigenvalue weighted by Gasteiger charge is 2.23. The summed E-state index contributed by atoms with van der Waals surface area (Å²) in [6, 6.07) is 3.71. The van der Waals surface area contributed by atoms with Crippen molar-refractivity contribution in [3.63, 3.8) is 0 Å². The van der Waals surface area contributed by atoms with Crippen LogP contribution in [-0.2, 0) is 10.0 Å². The highest BCUT2D eigenvalue weighted by molar-refractivity contribution is 7.93. The van der Waals surface area contributed by atoms with E-state index in [1.807, 2.05) is 0 Å². The Hall–Kier alpha value is -0.990. The second kappa shape index (κ2) is 6.02. The molecule has 0 aliphatic carbocycles. The fourth-order valence-electron chi connectivity index (χ4n) is 1.49. The van der Waals surface area contributed by atoms with Gasteiger partial charge in [-0.05, 0) is 23.7 Å². The summed E-state index contributed by atoms with van der Waals surface area (Å²) in [5, 5.41) is -0.151. The maximum absolute atomic E-state index is 12.3. The summed E-state index contributed by atoms with van der Waals surface area (Å²) in [5.41, 5.74) is 5.54. The molecular weight excluding hydrogens is 382 g/mol. The lowest BCUT2D eigenvalue weighted by atomic mass is 10.3. The number of benzene rings is 1. The van der Waals surface area contributed by atoms with Crippen molar-refractivity contribution < 1.29 is 8.42 Å². The molecule has 2 rings (SSSR count). The molecule has 1 heterocycles. The Morgan fingerprint density at radius 1 is 1.05 bits per heavy atom. The first kappa shape index (κ1) is 16.4. The molecule has 0 saturated carbocycles. The number of sulfonamides is 1. The van der Waals surface area contributed by atoms with E-state index in [2.05, 4.69) is 14.7 Å². The third-order valence-corrected chi connectivity index (χ3v) is 4.67. The van der Waals surface area contributed by atoms with Gasteiger partial charge in [0.05, 0.1) is 10.7 Å². The Balaban J connectivity index is 2.48. The summed E-state index contributed by atoms with van der Waals surface area (Å²) in [7, 11) is -4.10. The molecule has 0 amide bonds. The van der Waals surface area contributed by atoms with Crippen LogP contribution in [0.25, 0.3) is 0 Å². The molecule has 1 aromatic heterocycles. The van der Waals surface area contributed by atoms with Crippen LogP contribution < -0.4 is 10.5 Å². The third kappa shape index (κ3) is 3.81. The first-order valence-corrected chi connectivity index (χ1v) is 8.16. The molecule has 0 aliphatic rings. The monoisotopic (exact) mass is 386 g/mol. The molecule has 3 N–H and O–H groups in total. The van der Waals surface area contributed by atoms with Crippen molar-refractivity contribution in [1.82, 2.24) is 9.97 Å². The van der Waals surface area contributed by atoms with Gasteiger partial charge in [0, 0.05) is 11.1 Å². The fourth-order valence-corrected chi connectivity index (χ4v) is 3.88. The summed E-state index contributed by atoms with van der Waals surface area (Å²) in [4.78, 5) is 6.97. The van der Waals surface area contributed by atoms with Crippen LogP contribution in [0.4, 0.5) is 11.5 Å². The van der Waals surface area contributed by atoms with Crippen LogP contribution in [0.15, 0.2) is 23.1 Å². The second-order valence-electron chi connectivity index (χ2n) is 3.76. The van der Waals surface area contributed by atoms with Gasteiger partial charge in [-0.25, -0.2) is 13.4 Å². The summed E-state index contributed by atoms with van der Waals surface area (Å²) in [5.74, 6) is -0.120. The first-order valence-electron chi connectivity index (χ1n) is 5.16. The lowest BCUT2D eigenvalue weighted by molar-refractivity contribution is 0.601. The highest BCUT2D eigenvalue weighted by Crippen LogP contribution is 2.32. The molecule has 0 spiro atoms. The van der Waals surface area contributed by atoms with Crippen LogP contribution in [0.3, 0.4) is 0 Å². The van der Waals surface area contributed by atoms with Gasteiger partial charge in [-0.1, -0.05) is 34.8 Å². The van der Waals surface area contributed by atoms with Crippen molar-refractivity contribution in [2.24, 2.45) is 0 Å². The number of rotatable bonds is 3. The van der Waals surface area contributed by atoms with Crippen LogP contribution in [0.1, 0.15) is 0 Å². The Labute approximate surface area is 140 Å². The molecule has 2 aromatic rings. The second-order valence-corrected chi connectivity index (χ2v) is 6.94. The average molecular weight is 388 g/mol. The highest BCUT2D eigenvalue weighted by atomic mass is 35.5. The molecular formula is C10H6Cl4N4O2S. The number of halogens is 4. The van der Waals surface area contributed by atoms with Gasteiger partial charge in [0.2, 0.25) is 5.28 Å². The normalized spacial score (nSPS) is 11.4. The van der Waals surface area contributed by atoms with Gasteiger partial charge in [0.15, 0.2) is 0 Å². The number of nitrogens with two attached hydrogens (primary N) is 1. The molecule has 21 heavy (non-hydrogen) atoms. The van der Waals surface area contributed by atoms with E-state index in [0.29, 0.717) is 0 Å². The predicted octanol–water partition coefficient (Wildman–Crippen LogP) is 3.47. The number of hydrogen-bond donors (Lipinski definition) is 2. The van der Waals surface area contributed by atoms with Gasteiger partial charge in [-0.15, -0.1) is 0 Å². The molecule has 1 aromatic carbocycles. The Kier molecular flexibility index (Phi) is 4.69. The van der Waals surface area contributed by atoms with Crippen molar-refractivity contribution >= 4 is 67.9 Å². The van der Waals surface area contributed by atoms with Crippen LogP contribution in [0.2, 0.25) is 20.5 Å². The van der Waals surface area contributed by atoms with Crippen LogP contribution >= 0.6 is 46.4 Å². The zero-order valence-corrected chi connectivity index (χ0v) is 13.8. The molecule has 11 heteroatoms. The predicted molar refractivity (Wildman–Crippen MR) is 83.7 cm³/mol. The van der Waals surface area contributed by atoms with E-state index in [4.69, 9.17) is 52.1 Å². The minimum atomic E-state index is -4.10. The van der Waals surface area contributed by atoms with E-state index in [-0.39, 0.29) is 36.9 Å². The molecule has 6 nitrogen and oxygen atoms in total. The Morgan fingerprint density at radius 3 is 2.29 bits per heavy atom. The standard InChI is InChI=1S/C10H6Cl4N4O2S/c11-4-1-5(12)9(6(15)2-4)21(19,20)18-8-3-7(13)16-10(14)17-8/h1-3H,15H2,(H,16,17,18). The maximum atomic E-state index is 12.3. The fraction of sp³-hybridized carbons (Fsp3) is 0. The zero-order valence-electron chi connectivity index (χ0n) is 9.94. The van der Waals surface area contributed by atoms with Crippen LogP contribution in [0.5, 0.6) is 0 Å². The largest absolute Gasteiger partial charge is 0.398 e. The summed E-state index contributed by atoms with van der Waals surface area (Å²) in [6.07, 6.45) is 0. The molecule has 0 unspecified atom stereocenters. The SMILES string of the molecule is Nc1cc(Cl)cc(Cl)c1S(=O)(=O)Nc1cc(Cl)nc(Cl)n1. The van der Waals surface area contributed by atoms with Crippen LogP contribution in [0, 0.1) is 0 Å². The quantitative estimate of drug-likeness (QED) is 0.477. The van der Waals surface area contributed by atoms with Crippen molar-refractivity contribution in [1.29, 1.82) is 0 Å². The Morgan fingerprint density at radius 2 is 1.71 bits per heavy atom. The van der Waals surface area contributed by atoms with Crippen molar-refractivity contribution in [2.75, 3.05) is 10.5 Å². The van der Waals surface area contributed by atoms with E-state index in [1.54, 1.807) is 0 Å². The molecule has 112 valence electrons. The van der Waals surface area contributed by atoms with Crippen molar-refractivity contribution in [3.8, 4) is 0 Å². The Bertz CT molecular complexity index is 769. The van der Waals surface area contributed by atoms with Crippen LogP contribution in [-0.4, -0.2) is 18.4 Å². The van der Waals surface area contributed by atoms with E-state index < -0.39 is 10.0 Å². The van der Waals surface area contributed by atoms with Crippen molar-refractivity contribution in [2.45, 2.75) is 4.90 Å². The molecule has 0 aliphatic heterocycles. The van der Waals surface area contributed by atoms with E-state index in [0.717, 1.165) is 0 Å². The summed E-state index contributed by atoms with van der Waals surface area (Å²) < 4.78 is 26.8. The van der Waals surface area contributed by atoms with E-state index in [9.17, 15) is 8.42 Å². The van der Waals surface area contributed by atoms with Gasteiger partial charge in [0.1, 0.15) is 15.9 Å². The number of nitrogen functional groups attached to an aromatic ring is 1. The lowest BCUT2D eigenvalue weighted by Crippen LogP contribution is -2.16. The first-order chi connectivity index (χ1) is 9.69. The van der Waals surface area contributed by atoms with Gasteiger partial charge in [0.25, 0.3) is 10.0 Å². The van der Waals surface area contributed by atoms with Gasteiger partial charge in [-0.2, -0.15) is 4.98 Å². The van der Waals surface area contributed by atoms with E-state index in [1.165, 1.54) is 18.2 Å². The van der Waals surface area contributed by atoms with Gasteiger partial charge in [-0.3, -0.25) is 4.72 Å². The molecule has 0 atom stereocenters. The van der Waals surface area contributed by atoms with E-state index >= 15 is 0 Å². The summed E-state index contributed by atoms with van der Waals surface area (Å²) in [6.45, 7) is 0. The maximum Gasteiger partial charge on any atom is 0.266 e. The number of hydrogen-bond acceptors (Lipinski definition) is 5. The molecule has 0 radical (unpaired) electrons. The van der Waals surface area contributed by atoms with Gasteiger partial charge >= 0.3 is 0 Å². The molecule has 0 bridgehead atoms. The lowest BCUT2D eigenvalue weighted by Gasteiger charge is -2.11. The average Bonchev–Trinajstić information content (AvgIpc) is 2.23. The number of nitrogens with one attached hydrogen (secondary N) is 1. The zero-order chi connectivity index (χ0) is 15.8. The smallest absolute Gasteiger partial charge is 0.266 e. The minimum Gasteiger partial charge on any atom is -0.398 e. The number of anilines is 2. The molecule has 0 saturated heterocycles. The third-order valence-electron chi connectivity index (χ3n) is 2.21. The molecule has 0 fully saturated rings. The van der Waals surface area contributed by atoms with Gasteiger partial charge < -0.3 is 5.73 Å². The topological polar surface area (TPSA) is 98.0 Å². The summed E-state index contributed by atoms with van der Waals surface area (Å²) >= 11 is 22.9.